The zero-order valence-electron chi connectivity index (χ0n) is 10.8. The fourth-order valence-electron chi connectivity index (χ4n) is 2.11. The molecule has 2 heterocycles. The van der Waals surface area contributed by atoms with Crippen LogP contribution in [0.3, 0.4) is 0 Å². The summed E-state index contributed by atoms with van der Waals surface area (Å²) in [5.74, 6) is 0.0355. The van der Waals surface area contributed by atoms with Gasteiger partial charge in [-0.2, -0.15) is 0 Å². The standard InChI is InChI=1S/C13H13BrN4O2/c1-7-6-8(7)12(19)16-17-13(20)11-15-10(14)9-4-2-3-5-18(9)11/h2-5,7-8H,6H2,1H3,(H,16,19)(H,17,20). The van der Waals surface area contributed by atoms with Gasteiger partial charge in [-0.05, 0) is 40.4 Å². The van der Waals surface area contributed by atoms with Gasteiger partial charge in [-0.1, -0.05) is 13.0 Å². The van der Waals surface area contributed by atoms with Gasteiger partial charge < -0.3 is 0 Å². The molecule has 0 radical (unpaired) electrons. The van der Waals surface area contributed by atoms with E-state index in [1.54, 1.807) is 10.6 Å². The molecular weight excluding hydrogens is 324 g/mol. The molecule has 1 fully saturated rings. The van der Waals surface area contributed by atoms with E-state index in [0.29, 0.717) is 10.5 Å². The Morgan fingerprint density at radius 1 is 1.40 bits per heavy atom. The Kier molecular flexibility index (Phi) is 3.21. The van der Waals surface area contributed by atoms with Crippen molar-refractivity contribution in [3.63, 3.8) is 0 Å². The van der Waals surface area contributed by atoms with E-state index in [2.05, 4.69) is 31.8 Å². The van der Waals surface area contributed by atoms with Crippen molar-refractivity contribution in [3.8, 4) is 0 Å². The molecule has 2 aromatic heterocycles. The van der Waals surface area contributed by atoms with E-state index in [-0.39, 0.29) is 17.6 Å². The maximum absolute atomic E-state index is 12.1. The third-order valence-electron chi connectivity index (χ3n) is 3.45. The summed E-state index contributed by atoms with van der Waals surface area (Å²) in [6.07, 6.45) is 2.62. The largest absolute Gasteiger partial charge is 0.306 e. The molecule has 2 aromatic rings. The van der Waals surface area contributed by atoms with Crippen LogP contribution in [0.5, 0.6) is 0 Å². The molecule has 2 amide bonds. The van der Waals surface area contributed by atoms with Crippen molar-refractivity contribution in [2.24, 2.45) is 11.8 Å². The number of nitrogens with one attached hydrogen (secondary N) is 2. The maximum Gasteiger partial charge on any atom is 0.306 e. The number of hydrogen-bond acceptors (Lipinski definition) is 3. The lowest BCUT2D eigenvalue weighted by atomic mass is 10.3. The molecule has 2 N–H and O–H groups in total. The van der Waals surface area contributed by atoms with Gasteiger partial charge in [-0.15, -0.1) is 0 Å². The summed E-state index contributed by atoms with van der Waals surface area (Å²) in [5, 5.41) is 0. The Balaban J connectivity index is 1.74. The average molecular weight is 337 g/mol. The van der Waals surface area contributed by atoms with Gasteiger partial charge in [0.2, 0.25) is 11.7 Å². The predicted octanol–water partition coefficient (Wildman–Crippen LogP) is 1.51. The molecule has 1 aliphatic carbocycles. The number of imidazole rings is 1. The highest BCUT2D eigenvalue weighted by molar-refractivity contribution is 9.10. The number of carbonyl (C=O) groups is 2. The number of carbonyl (C=O) groups excluding carboxylic acids is 2. The number of amides is 2. The Morgan fingerprint density at radius 2 is 2.15 bits per heavy atom. The summed E-state index contributed by atoms with van der Waals surface area (Å²) < 4.78 is 2.25. The molecule has 0 aromatic carbocycles. The van der Waals surface area contributed by atoms with Crippen molar-refractivity contribution >= 4 is 33.3 Å². The lowest BCUT2D eigenvalue weighted by molar-refractivity contribution is -0.123. The van der Waals surface area contributed by atoms with Crippen LogP contribution in [0.4, 0.5) is 0 Å². The SMILES string of the molecule is CC1CC1C(=O)NNC(=O)c1nc(Br)c2ccccn12. The highest BCUT2D eigenvalue weighted by Crippen LogP contribution is 2.37. The molecular formula is C13H13BrN4O2. The first-order valence-electron chi connectivity index (χ1n) is 6.30. The van der Waals surface area contributed by atoms with Crippen LogP contribution < -0.4 is 10.9 Å². The Bertz CT molecular complexity index is 697. The van der Waals surface area contributed by atoms with Gasteiger partial charge in [-0.3, -0.25) is 24.8 Å². The van der Waals surface area contributed by atoms with Crippen LogP contribution in [0.1, 0.15) is 24.0 Å². The minimum Gasteiger partial charge on any atom is -0.294 e. The van der Waals surface area contributed by atoms with Gasteiger partial charge in [0.1, 0.15) is 4.60 Å². The van der Waals surface area contributed by atoms with E-state index in [4.69, 9.17) is 0 Å². The molecule has 7 heteroatoms. The fraction of sp³-hybridized carbons (Fsp3) is 0.308. The summed E-state index contributed by atoms with van der Waals surface area (Å²) in [6, 6.07) is 5.51. The quantitative estimate of drug-likeness (QED) is 0.816. The van der Waals surface area contributed by atoms with Crippen molar-refractivity contribution in [1.29, 1.82) is 0 Å². The second kappa shape index (κ2) is 4.90. The number of hydrogen-bond donors (Lipinski definition) is 2. The first-order valence-corrected chi connectivity index (χ1v) is 7.10. The molecule has 2 atom stereocenters. The van der Waals surface area contributed by atoms with Gasteiger partial charge in [0.05, 0.1) is 5.52 Å². The van der Waals surface area contributed by atoms with E-state index in [9.17, 15) is 9.59 Å². The normalized spacial score (nSPS) is 20.7. The van der Waals surface area contributed by atoms with E-state index in [1.807, 2.05) is 25.1 Å². The fourth-order valence-corrected chi connectivity index (χ4v) is 2.61. The van der Waals surface area contributed by atoms with E-state index >= 15 is 0 Å². The van der Waals surface area contributed by atoms with Crippen LogP contribution in [0.15, 0.2) is 29.0 Å². The molecule has 0 aliphatic heterocycles. The molecule has 2 unspecified atom stereocenters. The molecule has 0 bridgehead atoms. The van der Waals surface area contributed by atoms with Crippen molar-refractivity contribution in [2.75, 3.05) is 0 Å². The summed E-state index contributed by atoms with van der Waals surface area (Å²) >= 11 is 3.31. The van der Waals surface area contributed by atoms with Gasteiger partial charge >= 0.3 is 5.91 Å². The third kappa shape index (κ3) is 2.29. The molecule has 20 heavy (non-hydrogen) atoms. The zero-order valence-corrected chi connectivity index (χ0v) is 12.3. The molecule has 0 spiro atoms. The number of rotatable bonds is 2. The van der Waals surface area contributed by atoms with E-state index in [1.165, 1.54) is 0 Å². The third-order valence-corrected chi connectivity index (χ3v) is 4.04. The predicted molar refractivity (Wildman–Crippen MR) is 75.8 cm³/mol. The first-order chi connectivity index (χ1) is 9.58. The van der Waals surface area contributed by atoms with Crippen LogP contribution in [0.2, 0.25) is 0 Å². The Morgan fingerprint density at radius 3 is 2.85 bits per heavy atom. The summed E-state index contributed by atoms with van der Waals surface area (Å²) in [5.41, 5.74) is 5.64. The Hall–Kier alpha value is -1.89. The van der Waals surface area contributed by atoms with Crippen molar-refractivity contribution in [1.82, 2.24) is 20.2 Å². The van der Waals surface area contributed by atoms with Crippen molar-refractivity contribution < 1.29 is 9.59 Å². The molecule has 6 nitrogen and oxygen atoms in total. The monoisotopic (exact) mass is 336 g/mol. The lowest BCUT2D eigenvalue weighted by Crippen LogP contribution is -2.43. The number of nitrogens with zero attached hydrogens (tertiary/aromatic N) is 2. The number of aromatic nitrogens is 2. The second-order valence-electron chi connectivity index (χ2n) is 4.94. The van der Waals surface area contributed by atoms with Crippen LogP contribution in [0.25, 0.3) is 5.52 Å². The first kappa shape index (κ1) is 13.1. The maximum atomic E-state index is 12.1. The zero-order chi connectivity index (χ0) is 14.3. The summed E-state index contributed by atoms with van der Waals surface area (Å²) in [6.45, 7) is 2.01. The molecule has 3 rings (SSSR count). The van der Waals surface area contributed by atoms with Gasteiger partial charge in [0.25, 0.3) is 0 Å². The molecule has 1 saturated carbocycles. The molecule has 0 saturated heterocycles. The van der Waals surface area contributed by atoms with Gasteiger partial charge in [0, 0.05) is 12.1 Å². The van der Waals surface area contributed by atoms with Crippen LogP contribution >= 0.6 is 15.9 Å². The van der Waals surface area contributed by atoms with Gasteiger partial charge in [-0.25, -0.2) is 4.98 Å². The average Bonchev–Trinajstić information content (AvgIpc) is 3.09. The Labute approximate surface area is 123 Å². The van der Waals surface area contributed by atoms with Gasteiger partial charge in [0.15, 0.2) is 0 Å². The highest BCUT2D eigenvalue weighted by Gasteiger charge is 2.39. The molecule has 1 aliphatic rings. The number of fused-ring (bicyclic) bond motifs is 1. The molecule has 104 valence electrons. The topological polar surface area (TPSA) is 75.5 Å². The number of halogens is 1. The van der Waals surface area contributed by atoms with Crippen LogP contribution in [-0.4, -0.2) is 21.2 Å². The van der Waals surface area contributed by atoms with E-state index < -0.39 is 5.91 Å². The second-order valence-corrected chi connectivity index (χ2v) is 5.70. The summed E-state index contributed by atoms with van der Waals surface area (Å²) in [4.78, 5) is 27.9. The summed E-state index contributed by atoms with van der Waals surface area (Å²) in [7, 11) is 0. The minimum absolute atomic E-state index is 0.0130. The number of hydrazine groups is 1. The number of pyridine rings is 1. The van der Waals surface area contributed by atoms with Crippen LogP contribution in [-0.2, 0) is 4.79 Å². The van der Waals surface area contributed by atoms with E-state index in [0.717, 1.165) is 11.9 Å². The van der Waals surface area contributed by atoms with Crippen molar-refractivity contribution in [2.45, 2.75) is 13.3 Å². The lowest BCUT2D eigenvalue weighted by Gasteiger charge is -2.06. The highest BCUT2D eigenvalue weighted by atomic mass is 79.9. The van der Waals surface area contributed by atoms with Crippen LogP contribution in [0, 0.1) is 11.8 Å². The smallest absolute Gasteiger partial charge is 0.294 e. The minimum atomic E-state index is -0.446. The van der Waals surface area contributed by atoms with Crippen molar-refractivity contribution in [3.05, 3.63) is 34.8 Å².